The van der Waals surface area contributed by atoms with Crippen molar-refractivity contribution in [1.29, 1.82) is 0 Å². The van der Waals surface area contributed by atoms with Gasteiger partial charge in [0.1, 0.15) is 0 Å². The average molecular weight is 621 g/mol. The van der Waals surface area contributed by atoms with Crippen LogP contribution in [0.25, 0.3) is 10.9 Å². The molecule has 4 fully saturated rings. The topological polar surface area (TPSA) is 52.0 Å². The number of rotatable bonds is 6. The van der Waals surface area contributed by atoms with Crippen molar-refractivity contribution in [3.8, 4) is 0 Å². The summed E-state index contributed by atoms with van der Waals surface area (Å²) < 4.78 is 2.72. The van der Waals surface area contributed by atoms with E-state index in [1.807, 2.05) is 6.08 Å². The van der Waals surface area contributed by atoms with E-state index in [9.17, 15) is 9.90 Å². The number of hydrogen-bond donors (Lipinski definition) is 1. The van der Waals surface area contributed by atoms with Gasteiger partial charge in [-0.25, -0.2) is 0 Å². The average Bonchev–Trinajstić information content (AvgIpc) is 3.74. The minimum atomic E-state index is 0.00144. The van der Waals surface area contributed by atoms with Crippen LogP contribution in [0, 0.1) is 16.2 Å². The zero-order valence-corrected chi connectivity index (χ0v) is 28.2. The fourth-order valence-electron chi connectivity index (χ4n) is 12.8. The zero-order valence-electron chi connectivity index (χ0n) is 28.2. The minimum Gasteiger partial charge on any atom is -0.513 e. The van der Waals surface area contributed by atoms with Crippen LogP contribution in [0.15, 0.2) is 59.5 Å². The van der Waals surface area contributed by atoms with Crippen LogP contribution in [0.4, 0.5) is 0 Å². The van der Waals surface area contributed by atoms with Gasteiger partial charge in [0.25, 0.3) is 0 Å². The number of amides is 1. The molecule has 1 aliphatic carbocycles. The highest BCUT2D eigenvalue weighted by Crippen LogP contribution is 2.66. The second-order valence-corrected chi connectivity index (χ2v) is 16.1. The second kappa shape index (κ2) is 10.3. The Kier molecular flexibility index (Phi) is 6.59. The van der Waals surface area contributed by atoms with Gasteiger partial charge in [0.15, 0.2) is 0 Å². The molecule has 2 aromatic rings. The van der Waals surface area contributed by atoms with Crippen molar-refractivity contribution in [2.75, 3.05) is 26.2 Å². The van der Waals surface area contributed by atoms with E-state index >= 15 is 0 Å². The van der Waals surface area contributed by atoms with E-state index in [0.717, 1.165) is 50.9 Å². The molecule has 7 unspecified atom stereocenters. The molecule has 1 aromatic carbocycles. The van der Waals surface area contributed by atoms with E-state index in [2.05, 4.69) is 69.5 Å². The predicted molar refractivity (Wildman–Crippen MR) is 183 cm³/mol. The first kappa shape index (κ1) is 29.3. The summed E-state index contributed by atoms with van der Waals surface area (Å²) in [5, 5.41) is 12.0. The van der Waals surface area contributed by atoms with Crippen molar-refractivity contribution in [1.82, 2.24) is 19.3 Å². The highest BCUT2D eigenvalue weighted by molar-refractivity contribution is 5.87. The molecule has 3 saturated heterocycles. The molecule has 7 heterocycles. The molecule has 0 bridgehead atoms. The van der Waals surface area contributed by atoms with E-state index in [-0.39, 0.29) is 22.9 Å². The van der Waals surface area contributed by atoms with Crippen molar-refractivity contribution in [2.45, 2.75) is 116 Å². The van der Waals surface area contributed by atoms with Crippen molar-refractivity contribution >= 4 is 17.3 Å². The van der Waals surface area contributed by atoms with Crippen LogP contribution >= 0.6 is 0 Å². The van der Waals surface area contributed by atoms with Gasteiger partial charge in [-0.1, -0.05) is 44.2 Å². The lowest BCUT2D eigenvalue weighted by Gasteiger charge is -2.58. The Bertz CT molecular complexity index is 1680. The largest absolute Gasteiger partial charge is 0.513 e. The molecule has 1 aromatic heterocycles. The summed E-state index contributed by atoms with van der Waals surface area (Å²) >= 11 is 0. The molecule has 6 nitrogen and oxygen atoms in total. The van der Waals surface area contributed by atoms with Crippen molar-refractivity contribution in [3.63, 3.8) is 0 Å². The number of carbonyl (C=O) groups excluding carboxylic acids is 1. The molecule has 1 N–H and O–H groups in total. The number of aromatic nitrogens is 1. The standard InChI is InChI=1S/C40H52N4O2/c1-4-38-16-8-21-42-23-19-40(37(38)42)25-32(43(26-45)34(40)14-18-38)30(13-12-27(3)46)33-24-39(5-2)17-9-20-41-22-15-29-28-10-6-7-11-31(28)44(33)35(29)36(39)41/h6-7,10-13,25-26,33-34,36-37,46H,4-5,8-9,14-24H2,1-3H3/b27-12+,30-13+. The van der Waals surface area contributed by atoms with Gasteiger partial charge in [-0.15, -0.1) is 0 Å². The Morgan fingerprint density at radius 1 is 0.957 bits per heavy atom. The van der Waals surface area contributed by atoms with Crippen LogP contribution < -0.4 is 0 Å². The number of piperidine rings is 2. The van der Waals surface area contributed by atoms with Crippen LogP contribution in [0.5, 0.6) is 0 Å². The summed E-state index contributed by atoms with van der Waals surface area (Å²) in [4.78, 5) is 21.2. The molecular weight excluding hydrogens is 568 g/mol. The van der Waals surface area contributed by atoms with Gasteiger partial charge in [-0.05, 0) is 131 Å². The molecule has 0 radical (unpaired) electrons. The molecule has 6 heteroatoms. The SMILES string of the molecule is CCC12CCCN3CCc4c(n(c5ccccc45)C(/C(=C/C=C(\C)O)C4=CC56CCN7CCCC(CC)(CCC5N4C=O)C76)C1)C32. The molecule has 9 rings (SSSR count). The number of allylic oxidation sites excluding steroid dienone is 4. The molecule has 244 valence electrons. The van der Waals surface area contributed by atoms with Gasteiger partial charge in [0.2, 0.25) is 6.41 Å². The quantitative estimate of drug-likeness (QED) is 0.203. The normalized spacial score (nSPS) is 38.8. The van der Waals surface area contributed by atoms with Crippen LogP contribution in [0.1, 0.15) is 108 Å². The zero-order chi connectivity index (χ0) is 31.4. The molecule has 6 aliphatic heterocycles. The lowest BCUT2D eigenvalue weighted by atomic mass is 9.53. The highest BCUT2D eigenvalue weighted by atomic mass is 16.3. The third-order valence-corrected chi connectivity index (χ3v) is 14.6. The molecular formula is C40H52N4O2. The summed E-state index contributed by atoms with van der Waals surface area (Å²) in [6.45, 7) is 11.3. The summed E-state index contributed by atoms with van der Waals surface area (Å²) in [5.74, 6) is 0.316. The van der Waals surface area contributed by atoms with Crippen molar-refractivity contribution in [2.24, 2.45) is 16.2 Å². The predicted octanol–water partition coefficient (Wildman–Crippen LogP) is 7.83. The van der Waals surface area contributed by atoms with Gasteiger partial charge in [0.05, 0.1) is 17.8 Å². The van der Waals surface area contributed by atoms with Crippen LogP contribution in [0.3, 0.4) is 0 Å². The van der Waals surface area contributed by atoms with Gasteiger partial charge >= 0.3 is 0 Å². The Hall–Kier alpha value is -2.83. The number of aliphatic hydroxyl groups is 1. The van der Waals surface area contributed by atoms with Gasteiger partial charge in [0, 0.05) is 46.3 Å². The van der Waals surface area contributed by atoms with Gasteiger partial charge in [-0.2, -0.15) is 0 Å². The molecule has 1 amide bonds. The molecule has 7 atom stereocenters. The monoisotopic (exact) mass is 620 g/mol. The number of aliphatic hydroxyl groups excluding tert-OH is 1. The lowest BCUT2D eigenvalue weighted by molar-refractivity contribution is -0.123. The maximum atomic E-state index is 13.4. The molecule has 1 spiro atoms. The van der Waals surface area contributed by atoms with E-state index < -0.39 is 0 Å². The first-order chi connectivity index (χ1) is 22.4. The van der Waals surface area contributed by atoms with Crippen LogP contribution in [-0.4, -0.2) is 69.0 Å². The van der Waals surface area contributed by atoms with Crippen LogP contribution in [0.2, 0.25) is 0 Å². The van der Waals surface area contributed by atoms with E-state index in [0.29, 0.717) is 23.3 Å². The van der Waals surface area contributed by atoms with E-state index in [1.54, 1.807) is 12.5 Å². The summed E-state index contributed by atoms with van der Waals surface area (Å²) in [7, 11) is 0. The number of carbonyl (C=O) groups is 1. The highest BCUT2D eigenvalue weighted by Gasteiger charge is 2.66. The summed E-state index contributed by atoms with van der Waals surface area (Å²) in [6, 6.07) is 10.4. The van der Waals surface area contributed by atoms with Crippen molar-refractivity contribution < 1.29 is 9.90 Å². The smallest absolute Gasteiger partial charge is 0.214 e. The Labute approximate surface area is 274 Å². The summed E-state index contributed by atoms with van der Waals surface area (Å²) in [6.07, 6.45) is 21.0. The first-order valence-corrected chi connectivity index (χ1v) is 18.5. The number of fused-ring (bicyclic) bond motifs is 3. The first-order valence-electron chi connectivity index (χ1n) is 18.5. The third kappa shape index (κ3) is 3.69. The minimum absolute atomic E-state index is 0.00144. The van der Waals surface area contributed by atoms with Gasteiger partial charge < -0.3 is 14.6 Å². The number of nitrogens with zero attached hydrogens (tertiary/aromatic N) is 4. The molecule has 46 heavy (non-hydrogen) atoms. The number of para-hydroxylation sites is 1. The number of hydrogen-bond acceptors (Lipinski definition) is 4. The Balaban J connectivity index is 1.28. The number of benzene rings is 1. The van der Waals surface area contributed by atoms with Crippen LogP contribution in [-0.2, 0) is 11.2 Å². The lowest BCUT2D eigenvalue weighted by Crippen LogP contribution is -2.62. The maximum absolute atomic E-state index is 13.4. The van der Waals surface area contributed by atoms with E-state index in [4.69, 9.17) is 0 Å². The maximum Gasteiger partial charge on any atom is 0.214 e. The fourth-order valence-corrected chi connectivity index (χ4v) is 12.8. The molecule has 1 saturated carbocycles. The fraction of sp³-hybridized carbons (Fsp3) is 0.625. The second-order valence-electron chi connectivity index (χ2n) is 16.1. The van der Waals surface area contributed by atoms with Gasteiger partial charge in [-0.3, -0.25) is 14.6 Å². The van der Waals surface area contributed by atoms with Crippen molar-refractivity contribution in [3.05, 3.63) is 70.8 Å². The summed E-state index contributed by atoms with van der Waals surface area (Å²) in [5.41, 5.74) is 7.32. The Morgan fingerprint density at radius 2 is 1.74 bits per heavy atom. The Morgan fingerprint density at radius 3 is 2.52 bits per heavy atom. The third-order valence-electron chi connectivity index (χ3n) is 14.6. The molecule has 7 aliphatic rings. The van der Waals surface area contributed by atoms with E-state index in [1.165, 1.54) is 80.2 Å².